The molecule has 0 saturated carbocycles. The molecule has 0 atom stereocenters. The molecule has 0 amide bonds. The molecule has 2 nitrogen and oxygen atoms in total. The molecule has 0 aliphatic carbocycles. The zero-order chi connectivity index (χ0) is 12.7. The molecule has 3 rings (SSSR count). The number of benzene rings is 2. The Kier molecular flexibility index (Phi) is 2.44. The van der Waals surface area contributed by atoms with Gasteiger partial charge in [-0.2, -0.15) is 0 Å². The van der Waals surface area contributed by atoms with Gasteiger partial charge in [0.15, 0.2) is 5.58 Å². The third-order valence-electron chi connectivity index (χ3n) is 3.17. The standard InChI is InChI=1S/C16H15NO/c1-10-4-6-12(3)13(8-10)16-17-14-7-5-11(2)9-15(14)18-16/h4-9H,1-3H3. The van der Waals surface area contributed by atoms with Crippen molar-refractivity contribution < 1.29 is 4.42 Å². The zero-order valence-corrected chi connectivity index (χ0v) is 10.8. The van der Waals surface area contributed by atoms with Gasteiger partial charge in [-0.1, -0.05) is 23.8 Å². The highest BCUT2D eigenvalue weighted by Crippen LogP contribution is 2.27. The number of aromatic nitrogens is 1. The Hall–Kier alpha value is -2.09. The van der Waals surface area contributed by atoms with Crippen LogP contribution >= 0.6 is 0 Å². The van der Waals surface area contributed by atoms with Crippen LogP contribution in [0.15, 0.2) is 40.8 Å². The molecule has 0 unspecified atom stereocenters. The molecule has 0 N–H and O–H groups in total. The molecule has 0 saturated heterocycles. The molecule has 1 aromatic heterocycles. The SMILES string of the molecule is Cc1ccc(C)c(-c2nc3ccc(C)cc3o2)c1. The average Bonchev–Trinajstić information content (AvgIpc) is 2.74. The molecular formula is C16H15NO. The Labute approximate surface area is 106 Å². The summed E-state index contributed by atoms with van der Waals surface area (Å²) in [5, 5.41) is 0. The van der Waals surface area contributed by atoms with Gasteiger partial charge in [0.25, 0.3) is 0 Å². The predicted molar refractivity (Wildman–Crippen MR) is 73.7 cm³/mol. The van der Waals surface area contributed by atoms with Crippen LogP contribution in [-0.2, 0) is 0 Å². The molecular weight excluding hydrogens is 222 g/mol. The molecule has 0 radical (unpaired) electrons. The lowest BCUT2D eigenvalue weighted by Gasteiger charge is -2.02. The average molecular weight is 237 g/mol. The first kappa shape index (κ1) is 11.0. The van der Waals surface area contributed by atoms with Gasteiger partial charge in [0.2, 0.25) is 5.89 Å². The molecule has 2 heteroatoms. The predicted octanol–water partition coefficient (Wildman–Crippen LogP) is 4.42. The first-order valence-corrected chi connectivity index (χ1v) is 6.08. The summed E-state index contributed by atoms with van der Waals surface area (Å²) >= 11 is 0. The molecule has 0 aliphatic rings. The summed E-state index contributed by atoms with van der Waals surface area (Å²) in [5.41, 5.74) is 6.43. The van der Waals surface area contributed by atoms with E-state index in [1.165, 1.54) is 16.7 Å². The summed E-state index contributed by atoms with van der Waals surface area (Å²) in [6.07, 6.45) is 0. The molecule has 2 aromatic carbocycles. The lowest BCUT2D eigenvalue weighted by Crippen LogP contribution is -1.84. The number of rotatable bonds is 1. The van der Waals surface area contributed by atoms with Gasteiger partial charge < -0.3 is 4.42 Å². The third-order valence-corrected chi connectivity index (χ3v) is 3.17. The van der Waals surface area contributed by atoms with Gasteiger partial charge >= 0.3 is 0 Å². The van der Waals surface area contributed by atoms with Crippen molar-refractivity contribution >= 4 is 11.1 Å². The minimum absolute atomic E-state index is 0.705. The van der Waals surface area contributed by atoms with E-state index < -0.39 is 0 Å². The van der Waals surface area contributed by atoms with Crippen LogP contribution in [0, 0.1) is 20.8 Å². The summed E-state index contributed by atoms with van der Waals surface area (Å²) in [7, 11) is 0. The summed E-state index contributed by atoms with van der Waals surface area (Å²) in [5.74, 6) is 0.705. The Bertz CT molecular complexity index is 725. The van der Waals surface area contributed by atoms with Gasteiger partial charge in [-0.05, 0) is 50.1 Å². The van der Waals surface area contributed by atoms with Crippen LogP contribution in [0.1, 0.15) is 16.7 Å². The molecule has 90 valence electrons. The molecule has 0 bridgehead atoms. The van der Waals surface area contributed by atoms with E-state index in [9.17, 15) is 0 Å². The van der Waals surface area contributed by atoms with E-state index in [2.05, 4.69) is 50.0 Å². The highest BCUT2D eigenvalue weighted by molar-refractivity contribution is 5.77. The van der Waals surface area contributed by atoms with E-state index in [1.54, 1.807) is 0 Å². The lowest BCUT2D eigenvalue weighted by molar-refractivity contribution is 0.619. The van der Waals surface area contributed by atoms with Crippen molar-refractivity contribution in [2.24, 2.45) is 0 Å². The van der Waals surface area contributed by atoms with Crippen LogP contribution in [0.4, 0.5) is 0 Å². The quantitative estimate of drug-likeness (QED) is 0.626. The summed E-state index contributed by atoms with van der Waals surface area (Å²) < 4.78 is 5.86. The van der Waals surface area contributed by atoms with E-state index in [0.717, 1.165) is 16.7 Å². The van der Waals surface area contributed by atoms with Crippen LogP contribution in [0.5, 0.6) is 0 Å². The normalized spacial score (nSPS) is 11.1. The fourth-order valence-corrected chi connectivity index (χ4v) is 2.11. The molecule has 1 heterocycles. The monoisotopic (exact) mass is 237 g/mol. The molecule has 3 aromatic rings. The molecule has 0 spiro atoms. The second-order valence-corrected chi connectivity index (χ2v) is 4.81. The fourth-order valence-electron chi connectivity index (χ4n) is 2.11. The maximum atomic E-state index is 5.86. The summed E-state index contributed by atoms with van der Waals surface area (Å²) in [6.45, 7) is 6.21. The van der Waals surface area contributed by atoms with Crippen LogP contribution in [0.25, 0.3) is 22.6 Å². The second-order valence-electron chi connectivity index (χ2n) is 4.81. The van der Waals surface area contributed by atoms with Crippen molar-refractivity contribution in [3.63, 3.8) is 0 Å². The maximum absolute atomic E-state index is 5.86. The first-order valence-electron chi connectivity index (χ1n) is 6.08. The number of aryl methyl sites for hydroxylation is 3. The smallest absolute Gasteiger partial charge is 0.227 e. The lowest BCUT2D eigenvalue weighted by atomic mass is 10.1. The van der Waals surface area contributed by atoms with E-state index in [0.29, 0.717) is 5.89 Å². The molecule has 18 heavy (non-hydrogen) atoms. The zero-order valence-electron chi connectivity index (χ0n) is 10.8. The number of fused-ring (bicyclic) bond motifs is 1. The van der Waals surface area contributed by atoms with Gasteiger partial charge in [-0.25, -0.2) is 4.98 Å². The van der Waals surface area contributed by atoms with Gasteiger partial charge in [-0.15, -0.1) is 0 Å². The van der Waals surface area contributed by atoms with E-state index >= 15 is 0 Å². The van der Waals surface area contributed by atoms with E-state index in [1.807, 2.05) is 12.1 Å². The van der Waals surface area contributed by atoms with Crippen LogP contribution in [0.3, 0.4) is 0 Å². The molecule has 0 fully saturated rings. The second kappa shape index (κ2) is 3.98. The van der Waals surface area contributed by atoms with Crippen LogP contribution in [-0.4, -0.2) is 4.98 Å². The largest absolute Gasteiger partial charge is 0.436 e. The first-order chi connectivity index (χ1) is 8.63. The van der Waals surface area contributed by atoms with E-state index in [-0.39, 0.29) is 0 Å². The third kappa shape index (κ3) is 1.80. The number of nitrogens with zero attached hydrogens (tertiary/aromatic N) is 1. The van der Waals surface area contributed by atoms with Gasteiger partial charge in [0.1, 0.15) is 5.52 Å². The highest BCUT2D eigenvalue weighted by atomic mass is 16.3. The minimum Gasteiger partial charge on any atom is -0.436 e. The molecule has 0 aliphatic heterocycles. The summed E-state index contributed by atoms with van der Waals surface area (Å²) in [6, 6.07) is 12.4. The van der Waals surface area contributed by atoms with Gasteiger partial charge in [-0.3, -0.25) is 0 Å². The van der Waals surface area contributed by atoms with Gasteiger partial charge in [0.05, 0.1) is 0 Å². The van der Waals surface area contributed by atoms with Gasteiger partial charge in [0, 0.05) is 5.56 Å². The van der Waals surface area contributed by atoms with Crippen molar-refractivity contribution in [3.05, 3.63) is 53.1 Å². The highest BCUT2D eigenvalue weighted by Gasteiger charge is 2.10. The van der Waals surface area contributed by atoms with Crippen molar-refractivity contribution in [1.82, 2.24) is 4.98 Å². The number of hydrogen-bond donors (Lipinski definition) is 0. The van der Waals surface area contributed by atoms with Crippen molar-refractivity contribution in [3.8, 4) is 11.5 Å². The van der Waals surface area contributed by atoms with Crippen molar-refractivity contribution in [2.45, 2.75) is 20.8 Å². The Balaban J connectivity index is 2.22. The number of hydrogen-bond acceptors (Lipinski definition) is 2. The van der Waals surface area contributed by atoms with Crippen LogP contribution < -0.4 is 0 Å². The topological polar surface area (TPSA) is 26.0 Å². The minimum atomic E-state index is 0.705. The van der Waals surface area contributed by atoms with Crippen molar-refractivity contribution in [1.29, 1.82) is 0 Å². The Morgan fingerprint density at radius 2 is 1.61 bits per heavy atom. The van der Waals surface area contributed by atoms with Crippen LogP contribution in [0.2, 0.25) is 0 Å². The summed E-state index contributed by atoms with van der Waals surface area (Å²) in [4.78, 5) is 4.56. The van der Waals surface area contributed by atoms with E-state index in [4.69, 9.17) is 4.42 Å². The fraction of sp³-hybridized carbons (Fsp3) is 0.188. The van der Waals surface area contributed by atoms with Crippen molar-refractivity contribution in [2.75, 3.05) is 0 Å². The Morgan fingerprint density at radius 1 is 0.889 bits per heavy atom. The maximum Gasteiger partial charge on any atom is 0.227 e. The number of oxazole rings is 1. The Morgan fingerprint density at radius 3 is 2.44 bits per heavy atom.